The first-order valence-electron chi connectivity index (χ1n) is 8.56. The molecule has 5 nitrogen and oxygen atoms in total. The van der Waals surface area contributed by atoms with Gasteiger partial charge in [0.1, 0.15) is 12.4 Å². The molecule has 0 aliphatic heterocycles. The molecule has 1 amide bonds. The molecule has 2 rings (SSSR count). The SMILES string of the molecule is CCOc1ccc(CCC(=O)Nc2cccc(Cl)c2OCCOC)cc1. The molecule has 2 aromatic rings. The van der Waals surface area contributed by atoms with Gasteiger partial charge >= 0.3 is 0 Å². The minimum atomic E-state index is -0.0993. The number of methoxy groups -OCH3 is 1. The summed E-state index contributed by atoms with van der Waals surface area (Å²) in [5, 5.41) is 3.32. The number of hydrogen-bond acceptors (Lipinski definition) is 4. The molecule has 0 aliphatic rings. The van der Waals surface area contributed by atoms with Crippen LogP contribution in [0.2, 0.25) is 5.02 Å². The molecule has 0 spiro atoms. The number of anilines is 1. The second-order valence-corrected chi connectivity index (χ2v) is 5.99. The highest BCUT2D eigenvalue weighted by molar-refractivity contribution is 6.32. The first-order valence-corrected chi connectivity index (χ1v) is 8.93. The van der Waals surface area contributed by atoms with Gasteiger partial charge in [-0.15, -0.1) is 0 Å². The zero-order chi connectivity index (χ0) is 18.8. The van der Waals surface area contributed by atoms with E-state index >= 15 is 0 Å². The van der Waals surface area contributed by atoms with E-state index in [0.29, 0.717) is 49.1 Å². The zero-order valence-electron chi connectivity index (χ0n) is 15.1. The van der Waals surface area contributed by atoms with Crippen LogP contribution in [0.3, 0.4) is 0 Å². The Morgan fingerprint density at radius 1 is 1.08 bits per heavy atom. The standard InChI is InChI=1S/C20H24ClNO4/c1-3-25-16-10-7-15(8-11-16)9-12-19(23)22-18-6-4-5-17(21)20(18)26-14-13-24-2/h4-8,10-11H,3,9,12-14H2,1-2H3,(H,22,23). The van der Waals surface area contributed by atoms with Gasteiger partial charge in [0.2, 0.25) is 5.91 Å². The topological polar surface area (TPSA) is 56.8 Å². The van der Waals surface area contributed by atoms with E-state index in [1.807, 2.05) is 31.2 Å². The van der Waals surface area contributed by atoms with Crippen molar-refractivity contribution >= 4 is 23.2 Å². The smallest absolute Gasteiger partial charge is 0.224 e. The maximum Gasteiger partial charge on any atom is 0.224 e. The monoisotopic (exact) mass is 377 g/mol. The van der Waals surface area contributed by atoms with Gasteiger partial charge in [0.15, 0.2) is 5.75 Å². The molecule has 0 bridgehead atoms. The van der Waals surface area contributed by atoms with Crippen molar-refractivity contribution in [3.05, 3.63) is 53.1 Å². The highest BCUT2D eigenvalue weighted by Gasteiger charge is 2.11. The predicted octanol–water partition coefficient (Wildman–Crippen LogP) is 4.34. The van der Waals surface area contributed by atoms with Crippen LogP contribution in [-0.2, 0) is 16.0 Å². The van der Waals surface area contributed by atoms with Gasteiger partial charge in [-0.05, 0) is 43.2 Å². The molecule has 0 aliphatic carbocycles. The Bertz CT molecular complexity index is 703. The molecule has 0 saturated heterocycles. The summed E-state index contributed by atoms with van der Waals surface area (Å²) in [4.78, 5) is 12.3. The van der Waals surface area contributed by atoms with Crippen LogP contribution in [-0.4, -0.2) is 32.8 Å². The van der Waals surface area contributed by atoms with Crippen molar-refractivity contribution in [2.75, 3.05) is 32.2 Å². The highest BCUT2D eigenvalue weighted by Crippen LogP contribution is 2.33. The van der Waals surface area contributed by atoms with Crippen LogP contribution in [0.1, 0.15) is 18.9 Å². The van der Waals surface area contributed by atoms with Gasteiger partial charge in [0.25, 0.3) is 0 Å². The maximum atomic E-state index is 12.3. The molecule has 26 heavy (non-hydrogen) atoms. The summed E-state index contributed by atoms with van der Waals surface area (Å²) in [6.45, 7) is 3.38. The summed E-state index contributed by atoms with van der Waals surface area (Å²) < 4.78 is 16.0. The molecule has 140 valence electrons. The Balaban J connectivity index is 1.91. The minimum absolute atomic E-state index is 0.0993. The van der Waals surface area contributed by atoms with Crippen molar-refractivity contribution in [2.24, 2.45) is 0 Å². The summed E-state index contributed by atoms with van der Waals surface area (Å²) in [6, 6.07) is 13.0. The number of aryl methyl sites for hydroxylation is 1. The third-order valence-electron chi connectivity index (χ3n) is 3.65. The molecule has 0 atom stereocenters. The second-order valence-electron chi connectivity index (χ2n) is 5.58. The van der Waals surface area contributed by atoms with E-state index in [0.717, 1.165) is 11.3 Å². The number of benzene rings is 2. The lowest BCUT2D eigenvalue weighted by Gasteiger charge is -2.14. The number of hydrogen-bond donors (Lipinski definition) is 1. The molecular weight excluding hydrogens is 354 g/mol. The number of carbonyl (C=O) groups excluding carboxylic acids is 1. The van der Waals surface area contributed by atoms with Crippen molar-refractivity contribution in [3.8, 4) is 11.5 Å². The average molecular weight is 378 g/mol. The molecule has 0 aromatic heterocycles. The number of nitrogens with one attached hydrogen (secondary N) is 1. The summed E-state index contributed by atoms with van der Waals surface area (Å²) in [6.07, 6.45) is 0.997. The molecule has 6 heteroatoms. The number of halogens is 1. The largest absolute Gasteiger partial charge is 0.494 e. The fraction of sp³-hybridized carbons (Fsp3) is 0.350. The van der Waals surface area contributed by atoms with Crippen molar-refractivity contribution in [1.29, 1.82) is 0 Å². The van der Waals surface area contributed by atoms with Gasteiger partial charge in [-0.25, -0.2) is 0 Å². The van der Waals surface area contributed by atoms with Gasteiger partial charge in [-0.2, -0.15) is 0 Å². The first kappa shape index (κ1) is 20.1. The molecule has 1 N–H and O–H groups in total. The number of rotatable bonds is 10. The molecule has 0 fully saturated rings. The molecule has 0 heterocycles. The normalized spacial score (nSPS) is 10.4. The van der Waals surface area contributed by atoms with E-state index in [4.69, 9.17) is 25.8 Å². The fourth-order valence-corrected chi connectivity index (χ4v) is 2.60. The van der Waals surface area contributed by atoms with E-state index in [1.54, 1.807) is 25.3 Å². The summed E-state index contributed by atoms with van der Waals surface area (Å²) >= 11 is 6.18. The number of carbonyl (C=O) groups is 1. The number of amides is 1. The van der Waals surface area contributed by atoms with E-state index in [9.17, 15) is 4.79 Å². The van der Waals surface area contributed by atoms with Gasteiger partial charge in [0.05, 0.1) is 23.9 Å². The summed E-state index contributed by atoms with van der Waals surface area (Å²) in [5.41, 5.74) is 1.64. The lowest BCUT2D eigenvalue weighted by molar-refractivity contribution is -0.116. The van der Waals surface area contributed by atoms with Crippen LogP contribution < -0.4 is 14.8 Å². The Morgan fingerprint density at radius 2 is 1.85 bits per heavy atom. The van der Waals surface area contributed by atoms with Crippen LogP contribution in [0, 0.1) is 0 Å². The Labute approximate surface area is 159 Å². The summed E-state index contributed by atoms with van der Waals surface area (Å²) in [5.74, 6) is 1.19. The van der Waals surface area contributed by atoms with Crippen LogP contribution >= 0.6 is 11.6 Å². The quantitative estimate of drug-likeness (QED) is 0.626. The number of ether oxygens (including phenoxy) is 3. The highest BCUT2D eigenvalue weighted by atomic mass is 35.5. The van der Waals surface area contributed by atoms with Gasteiger partial charge in [-0.1, -0.05) is 29.8 Å². The van der Waals surface area contributed by atoms with E-state index in [1.165, 1.54) is 0 Å². The average Bonchev–Trinajstić information content (AvgIpc) is 2.64. The van der Waals surface area contributed by atoms with Gasteiger partial charge in [0, 0.05) is 13.5 Å². The van der Waals surface area contributed by atoms with E-state index < -0.39 is 0 Å². The van der Waals surface area contributed by atoms with Crippen LogP contribution in [0.25, 0.3) is 0 Å². The maximum absolute atomic E-state index is 12.3. The van der Waals surface area contributed by atoms with Crippen LogP contribution in [0.15, 0.2) is 42.5 Å². The predicted molar refractivity (Wildman–Crippen MR) is 103 cm³/mol. The van der Waals surface area contributed by atoms with Gasteiger partial charge < -0.3 is 19.5 Å². The molecule has 0 saturated carbocycles. The minimum Gasteiger partial charge on any atom is -0.494 e. The van der Waals surface area contributed by atoms with Crippen LogP contribution in [0.4, 0.5) is 5.69 Å². The van der Waals surface area contributed by atoms with Crippen LogP contribution in [0.5, 0.6) is 11.5 Å². The van der Waals surface area contributed by atoms with Crippen molar-refractivity contribution in [2.45, 2.75) is 19.8 Å². The molecule has 0 unspecified atom stereocenters. The Morgan fingerprint density at radius 3 is 2.54 bits per heavy atom. The Hall–Kier alpha value is -2.24. The Kier molecular flexibility index (Phi) is 8.25. The zero-order valence-corrected chi connectivity index (χ0v) is 15.8. The number of para-hydroxylation sites is 1. The lowest BCUT2D eigenvalue weighted by Crippen LogP contribution is -2.14. The summed E-state index contributed by atoms with van der Waals surface area (Å²) in [7, 11) is 1.60. The van der Waals surface area contributed by atoms with Crippen molar-refractivity contribution < 1.29 is 19.0 Å². The van der Waals surface area contributed by atoms with E-state index in [-0.39, 0.29) is 5.91 Å². The molecule has 0 radical (unpaired) electrons. The van der Waals surface area contributed by atoms with Gasteiger partial charge in [-0.3, -0.25) is 4.79 Å². The van der Waals surface area contributed by atoms with Crippen molar-refractivity contribution in [1.82, 2.24) is 0 Å². The van der Waals surface area contributed by atoms with E-state index in [2.05, 4.69) is 5.32 Å². The molecular formula is C20H24ClNO4. The third-order valence-corrected chi connectivity index (χ3v) is 3.95. The lowest BCUT2D eigenvalue weighted by atomic mass is 10.1. The van der Waals surface area contributed by atoms with Crippen molar-refractivity contribution in [3.63, 3.8) is 0 Å². The molecule has 2 aromatic carbocycles. The fourth-order valence-electron chi connectivity index (χ4n) is 2.37. The second kappa shape index (κ2) is 10.7. The first-order chi connectivity index (χ1) is 12.6. The third kappa shape index (κ3) is 6.24.